The van der Waals surface area contributed by atoms with Crippen molar-refractivity contribution >= 4 is 23.5 Å². The summed E-state index contributed by atoms with van der Waals surface area (Å²) in [5.74, 6) is 2.99. The fraction of sp³-hybridized carbons (Fsp3) is 0.300. The predicted molar refractivity (Wildman–Crippen MR) is 104 cm³/mol. The Hall–Kier alpha value is -2.67. The molecule has 27 heavy (non-hydrogen) atoms. The number of ketones is 1. The van der Waals surface area contributed by atoms with Crippen molar-refractivity contribution in [1.82, 2.24) is 5.32 Å². The van der Waals surface area contributed by atoms with Crippen LogP contribution < -0.4 is 19.5 Å². The number of thioether (sulfide) groups is 1. The van der Waals surface area contributed by atoms with Gasteiger partial charge in [-0.2, -0.15) is 0 Å². The number of carbonyl (C=O) groups excluding carboxylic acids is 2. The Bertz CT molecular complexity index is 852. The smallest absolute Gasteiger partial charge is 0.231 e. The second-order valence-electron chi connectivity index (χ2n) is 6.04. The highest BCUT2D eigenvalue weighted by molar-refractivity contribution is 7.99. The molecule has 0 aromatic heterocycles. The Morgan fingerprint density at radius 2 is 1.96 bits per heavy atom. The van der Waals surface area contributed by atoms with Gasteiger partial charge in [-0.3, -0.25) is 9.59 Å². The average Bonchev–Trinajstić information content (AvgIpc) is 3.14. The lowest BCUT2D eigenvalue weighted by atomic mass is 10.1. The Morgan fingerprint density at radius 1 is 1.15 bits per heavy atom. The third-order valence-corrected chi connectivity index (χ3v) is 5.09. The average molecular weight is 387 g/mol. The van der Waals surface area contributed by atoms with Crippen molar-refractivity contribution in [2.75, 3.05) is 19.7 Å². The summed E-state index contributed by atoms with van der Waals surface area (Å²) < 4.78 is 15.9. The van der Waals surface area contributed by atoms with Crippen molar-refractivity contribution in [3.05, 3.63) is 53.1 Å². The first-order valence-corrected chi connectivity index (χ1v) is 9.63. The molecule has 142 valence electrons. The molecule has 0 saturated heterocycles. The van der Waals surface area contributed by atoms with Gasteiger partial charge in [0.25, 0.3) is 0 Å². The first-order chi connectivity index (χ1) is 13.1. The van der Waals surface area contributed by atoms with Crippen LogP contribution in [-0.4, -0.2) is 31.3 Å². The molecule has 6 nitrogen and oxygen atoms in total. The summed E-state index contributed by atoms with van der Waals surface area (Å²) in [5, 5.41) is 2.89. The maximum Gasteiger partial charge on any atom is 0.231 e. The summed E-state index contributed by atoms with van der Waals surface area (Å²) in [6, 6.07) is 11.0. The molecule has 1 amide bonds. The third-order valence-electron chi connectivity index (χ3n) is 4.10. The van der Waals surface area contributed by atoms with Crippen LogP contribution in [0.25, 0.3) is 0 Å². The zero-order chi connectivity index (χ0) is 19.2. The zero-order valence-corrected chi connectivity index (χ0v) is 16.1. The van der Waals surface area contributed by atoms with Crippen LogP contribution in [0.15, 0.2) is 36.4 Å². The molecule has 0 bridgehead atoms. The fourth-order valence-corrected chi connectivity index (χ4v) is 3.50. The van der Waals surface area contributed by atoms with Gasteiger partial charge in [0.05, 0.1) is 12.9 Å². The standard InChI is InChI=1S/C20H21NO5S/c1-13(22)15-4-6-17(24-2)16(8-15)10-27-11-20(23)21-9-14-3-5-18-19(7-14)26-12-25-18/h3-8H,9-12H2,1-2H3,(H,21,23). The zero-order valence-electron chi connectivity index (χ0n) is 15.2. The molecule has 2 aromatic carbocycles. The largest absolute Gasteiger partial charge is 0.496 e. The SMILES string of the molecule is COc1ccc(C(C)=O)cc1CSCC(=O)NCc1ccc2c(c1)OCO2. The van der Waals surface area contributed by atoms with E-state index in [9.17, 15) is 9.59 Å². The minimum absolute atomic E-state index is 0.00497. The van der Waals surface area contributed by atoms with E-state index < -0.39 is 0 Å². The minimum Gasteiger partial charge on any atom is -0.496 e. The number of methoxy groups -OCH3 is 1. The van der Waals surface area contributed by atoms with Gasteiger partial charge in [0.15, 0.2) is 17.3 Å². The predicted octanol–water partition coefficient (Wildman–Crippen LogP) is 3.18. The number of amides is 1. The molecular weight excluding hydrogens is 366 g/mol. The topological polar surface area (TPSA) is 73.9 Å². The van der Waals surface area contributed by atoms with Crippen LogP contribution in [0.5, 0.6) is 17.2 Å². The van der Waals surface area contributed by atoms with Crippen LogP contribution in [0, 0.1) is 0 Å². The van der Waals surface area contributed by atoms with Crippen molar-refractivity contribution in [1.29, 1.82) is 0 Å². The van der Waals surface area contributed by atoms with E-state index >= 15 is 0 Å². The van der Waals surface area contributed by atoms with Crippen LogP contribution in [0.4, 0.5) is 0 Å². The third kappa shape index (κ3) is 4.95. The van der Waals surface area contributed by atoms with Crippen molar-refractivity contribution in [3.8, 4) is 17.2 Å². The van der Waals surface area contributed by atoms with Crippen LogP contribution in [0.3, 0.4) is 0 Å². The summed E-state index contributed by atoms with van der Waals surface area (Å²) in [6.07, 6.45) is 0. The molecule has 1 heterocycles. The highest BCUT2D eigenvalue weighted by Gasteiger charge is 2.13. The number of Topliss-reactive ketones (excluding diaryl/α,β-unsaturated/α-hetero) is 1. The molecule has 0 fully saturated rings. The number of fused-ring (bicyclic) bond motifs is 1. The van der Waals surface area contributed by atoms with Crippen LogP contribution in [-0.2, 0) is 17.1 Å². The number of hydrogen-bond donors (Lipinski definition) is 1. The summed E-state index contributed by atoms with van der Waals surface area (Å²) >= 11 is 1.47. The fourth-order valence-electron chi connectivity index (χ4n) is 2.67. The van der Waals surface area contributed by atoms with Gasteiger partial charge >= 0.3 is 0 Å². The lowest BCUT2D eigenvalue weighted by molar-refractivity contribution is -0.118. The maximum atomic E-state index is 12.1. The van der Waals surface area contributed by atoms with E-state index in [1.165, 1.54) is 18.7 Å². The van der Waals surface area contributed by atoms with Gasteiger partial charge in [-0.15, -0.1) is 11.8 Å². The summed E-state index contributed by atoms with van der Waals surface area (Å²) in [5.41, 5.74) is 2.49. The number of hydrogen-bond acceptors (Lipinski definition) is 6. The van der Waals surface area contributed by atoms with Crippen LogP contribution in [0.2, 0.25) is 0 Å². The lowest BCUT2D eigenvalue weighted by Crippen LogP contribution is -2.24. The highest BCUT2D eigenvalue weighted by Crippen LogP contribution is 2.32. The van der Waals surface area contributed by atoms with Crippen LogP contribution >= 0.6 is 11.8 Å². The van der Waals surface area contributed by atoms with Gasteiger partial charge in [-0.25, -0.2) is 0 Å². The molecule has 0 aliphatic carbocycles. The van der Waals surface area contributed by atoms with E-state index in [1.54, 1.807) is 19.2 Å². The van der Waals surface area contributed by atoms with E-state index in [4.69, 9.17) is 14.2 Å². The second kappa shape index (κ2) is 8.81. The molecule has 0 radical (unpaired) electrons. The van der Waals surface area contributed by atoms with Gasteiger partial charge in [0.2, 0.25) is 12.7 Å². The van der Waals surface area contributed by atoms with E-state index in [1.807, 2.05) is 24.3 Å². The normalized spacial score (nSPS) is 11.9. The first-order valence-electron chi connectivity index (χ1n) is 8.47. The molecule has 1 aliphatic rings. The number of nitrogens with one attached hydrogen (secondary N) is 1. The van der Waals surface area contributed by atoms with E-state index in [0.29, 0.717) is 35.1 Å². The van der Waals surface area contributed by atoms with E-state index in [-0.39, 0.29) is 18.5 Å². The number of ether oxygens (including phenoxy) is 3. The Kier molecular flexibility index (Phi) is 6.24. The number of carbonyl (C=O) groups is 2. The summed E-state index contributed by atoms with van der Waals surface area (Å²) in [6.45, 7) is 2.19. The van der Waals surface area contributed by atoms with E-state index in [2.05, 4.69) is 5.32 Å². The number of rotatable bonds is 8. The maximum absolute atomic E-state index is 12.1. The number of benzene rings is 2. The van der Waals surface area contributed by atoms with Gasteiger partial charge in [-0.05, 0) is 42.8 Å². The molecule has 0 spiro atoms. The summed E-state index contributed by atoms with van der Waals surface area (Å²) in [4.78, 5) is 23.6. The second-order valence-corrected chi connectivity index (χ2v) is 7.03. The van der Waals surface area contributed by atoms with Gasteiger partial charge in [-0.1, -0.05) is 6.07 Å². The van der Waals surface area contributed by atoms with Crippen molar-refractivity contribution in [2.45, 2.75) is 19.2 Å². The Morgan fingerprint density at radius 3 is 2.74 bits per heavy atom. The van der Waals surface area contributed by atoms with Gasteiger partial charge in [0.1, 0.15) is 5.75 Å². The minimum atomic E-state index is -0.0562. The molecule has 1 N–H and O–H groups in total. The van der Waals surface area contributed by atoms with Crippen molar-refractivity contribution in [3.63, 3.8) is 0 Å². The molecule has 0 atom stereocenters. The van der Waals surface area contributed by atoms with Crippen LogP contribution in [0.1, 0.15) is 28.4 Å². The van der Waals surface area contributed by atoms with Crippen molar-refractivity contribution in [2.24, 2.45) is 0 Å². The molecular formula is C20H21NO5S. The van der Waals surface area contributed by atoms with Gasteiger partial charge in [0, 0.05) is 23.4 Å². The lowest BCUT2D eigenvalue weighted by Gasteiger charge is -2.10. The van der Waals surface area contributed by atoms with Crippen molar-refractivity contribution < 1.29 is 23.8 Å². The molecule has 2 aromatic rings. The Labute approximate surface area is 162 Å². The highest BCUT2D eigenvalue weighted by atomic mass is 32.2. The molecule has 0 saturated carbocycles. The summed E-state index contributed by atoms with van der Waals surface area (Å²) in [7, 11) is 1.59. The van der Waals surface area contributed by atoms with Gasteiger partial charge < -0.3 is 19.5 Å². The first kappa shape index (κ1) is 19.1. The molecule has 7 heteroatoms. The quantitative estimate of drug-likeness (QED) is 0.702. The molecule has 3 rings (SSSR count). The van der Waals surface area contributed by atoms with E-state index in [0.717, 1.165) is 16.9 Å². The molecule has 1 aliphatic heterocycles. The molecule has 0 unspecified atom stereocenters. The Balaban J connectivity index is 1.48. The monoisotopic (exact) mass is 387 g/mol.